The highest BCUT2D eigenvalue weighted by Gasteiger charge is 2.23. The van der Waals surface area contributed by atoms with Gasteiger partial charge in [0.2, 0.25) is 0 Å². The van der Waals surface area contributed by atoms with Crippen LogP contribution in [0.4, 0.5) is 5.69 Å². The van der Waals surface area contributed by atoms with Crippen LogP contribution in [0, 0.1) is 0 Å². The molecule has 0 spiro atoms. The van der Waals surface area contributed by atoms with Crippen molar-refractivity contribution in [2.24, 2.45) is 0 Å². The maximum Gasteiger partial charge on any atom is 0.268 e. The average Bonchev–Trinajstić information content (AvgIpc) is 2.98. The first-order valence-corrected chi connectivity index (χ1v) is 9.22. The van der Waals surface area contributed by atoms with Crippen molar-refractivity contribution < 1.29 is 9.53 Å². The Morgan fingerprint density at radius 1 is 1.12 bits per heavy atom. The molecule has 1 aromatic heterocycles. The molecule has 4 rings (SSSR count). The minimum absolute atomic E-state index is 0.0513. The number of amides is 1. The number of nitrogens with zero attached hydrogens (tertiary/aromatic N) is 1. The number of para-hydroxylation sites is 2. The summed E-state index contributed by atoms with van der Waals surface area (Å²) in [6.45, 7) is 0.624. The number of anilines is 1. The van der Waals surface area contributed by atoms with Gasteiger partial charge in [0.15, 0.2) is 0 Å². The first-order valence-electron chi connectivity index (χ1n) is 8.02. The molecular formula is C20H16ClNO2S. The molecule has 2 heterocycles. The third-order valence-electron chi connectivity index (χ3n) is 4.30. The van der Waals surface area contributed by atoms with Crippen LogP contribution in [0.5, 0.6) is 5.75 Å². The summed E-state index contributed by atoms with van der Waals surface area (Å²) in [6, 6.07) is 17.3. The SMILES string of the molecule is CN(C(=O)c1cc2c(s1)CCOc1ccccc1-2)c1ccccc1Cl. The number of hydrogen-bond acceptors (Lipinski definition) is 3. The van der Waals surface area contributed by atoms with Crippen LogP contribution in [0.15, 0.2) is 54.6 Å². The zero-order valence-corrected chi connectivity index (χ0v) is 15.2. The van der Waals surface area contributed by atoms with E-state index in [9.17, 15) is 4.79 Å². The van der Waals surface area contributed by atoms with Gasteiger partial charge in [0.25, 0.3) is 5.91 Å². The molecule has 1 aliphatic heterocycles. The molecule has 2 aromatic carbocycles. The van der Waals surface area contributed by atoms with Gasteiger partial charge in [0.1, 0.15) is 5.75 Å². The van der Waals surface area contributed by atoms with Crippen molar-refractivity contribution >= 4 is 34.5 Å². The summed E-state index contributed by atoms with van der Waals surface area (Å²) in [6.07, 6.45) is 0.803. The van der Waals surface area contributed by atoms with E-state index in [0.717, 1.165) is 23.3 Å². The lowest BCUT2D eigenvalue weighted by molar-refractivity contribution is 0.0997. The molecule has 0 atom stereocenters. The minimum Gasteiger partial charge on any atom is -0.493 e. The molecule has 1 amide bonds. The van der Waals surface area contributed by atoms with E-state index in [2.05, 4.69) is 0 Å². The second kappa shape index (κ2) is 6.54. The Kier molecular flexibility index (Phi) is 4.24. The molecule has 126 valence electrons. The van der Waals surface area contributed by atoms with E-state index in [1.807, 2.05) is 48.5 Å². The Bertz CT molecular complexity index is 950. The molecule has 3 aromatic rings. The maximum atomic E-state index is 13.0. The number of rotatable bonds is 2. The number of thiophene rings is 1. The van der Waals surface area contributed by atoms with Gasteiger partial charge in [-0.1, -0.05) is 41.9 Å². The van der Waals surface area contributed by atoms with Crippen molar-refractivity contribution in [1.29, 1.82) is 0 Å². The monoisotopic (exact) mass is 369 g/mol. The first-order chi connectivity index (χ1) is 12.1. The van der Waals surface area contributed by atoms with Gasteiger partial charge in [-0.25, -0.2) is 0 Å². The summed E-state index contributed by atoms with van der Waals surface area (Å²) < 4.78 is 5.82. The topological polar surface area (TPSA) is 29.5 Å². The van der Waals surface area contributed by atoms with Crippen molar-refractivity contribution in [3.8, 4) is 16.9 Å². The van der Waals surface area contributed by atoms with Crippen LogP contribution in [-0.4, -0.2) is 19.6 Å². The van der Waals surface area contributed by atoms with Gasteiger partial charge < -0.3 is 9.64 Å². The molecular weight excluding hydrogens is 354 g/mol. The van der Waals surface area contributed by atoms with E-state index in [0.29, 0.717) is 22.2 Å². The molecule has 0 radical (unpaired) electrons. The third kappa shape index (κ3) is 2.92. The fraction of sp³-hybridized carbons (Fsp3) is 0.150. The standard InChI is InChI=1S/C20H16ClNO2S/c1-22(16-8-4-3-7-15(16)21)20(23)19-12-14-13-6-2-5-9-17(13)24-11-10-18(14)25-19/h2-9,12H,10-11H2,1H3. The summed E-state index contributed by atoms with van der Waals surface area (Å²) in [4.78, 5) is 16.5. The van der Waals surface area contributed by atoms with Gasteiger partial charge >= 0.3 is 0 Å². The maximum absolute atomic E-state index is 13.0. The van der Waals surface area contributed by atoms with Crippen LogP contribution in [0.25, 0.3) is 11.1 Å². The molecule has 0 N–H and O–H groups in total. The van der Waals surface area contributed by atoms with Crippen molar-refractivity contribution in [3.05, 3.63) is 69.4 Å². The second-order valence-electron chi connectivity index (χ2n) is 5.86. The van der Waals surface area contributed by atoms with Gasteiger partial charge in [-0.3, -0.25) is 4.79 Å². The van der Waals surface area contributed by atoms with E-state index < -0.39 is 0 Å². The molecule has 0 saturated heterocycles. The van der Waals surface area contributed by atoms with E-state index in [1.54, 1.807) is 18.0 Å². The summed E-state index contributed by atoms with van der Waals surface area (Å²) in [5.41, 5.74) is 2.85. The fourth-order valence-electron chi connectivity index (χ4n) is 3.01. The summed E-state index contributed by atoms with van der Waals surface area (Å²) >= 11 is 7.77. The highest BCUT2D eigenvalue weighted by Crippen LogP contribution is 2.40. The molecule has 0 fully saturated rings. The van der Waals surface area contributed by atoms with Gasteiger partial charge in [-0.15, -0.1) is 11.3 Å². The van der Waals surface area contributed by atoms with E-state index in [4.69, 9.17) is 16.3 Å². The summed E-state index contributed by atoms with van der Waals surface area (Å²) in [5, 5.41) is 0.565. The van der Waals surface area contributed by atoms with E-state index >= 15 is 0 Å². The molecule has 0 unspecified atom stereocenters. The molecule has 0 bridgehead atoms. The smallest absolute Gasteiger partial charge is 0.268 e. The quantitative estimate of drug-likeness (QED) is 0.615. The van der Waals surface area contributed by atoms with Crippen LogP contribution in [-0.2, 0) is 6.42 Å². The van der Waals surface area contributed by atoms with Crippen LogP contribution in [0.1, 0.15) is 14.5 Å². The van der Waals surface area contributed by atoms with Crippen molar-refractivity contribution in [2.45, 2.75) is 6.42 Å². The van der Waals surface area contributed by atoms with Crippen molar-refractivity contribution in [2.75, 3.05) is 18.6 Å². The lowest BCUT2D eigenvalue weighted by Crippen LogP contribution is -2.25. The van der Waals surface area contributed by atoms with Crippen molar-refractivity contribution in [1.82, 2.24) is 0 Å². The van der Waals surface area contributed by atoms with Crippen LogP contribution >= 0.6 is 22.9 Å². The van der Waals surface area contributed by atoms with Gasteiger partial charge in [-0.2, -0.15) is 0 Å². The second-order valence-corrected chi connectivity index (χ2v) is 7.40. The fourth-order valence-corrected chi connectivity index (χ4v) is 4.41. The van der Waals surface area contributed by atoms with Gasteiger partial charge in [-0.05, 0) is 24.3 Å². The van der Waals surface area contributed by atoms with Crippen molar-refractivity contribution in [3.63, 3.8) is 0 Å². The summed E-state index contributed by atoms with van der Waals surface area (Å²) in [7, 11) is 1.76. The number of benzene rings is 2. The Morgan fingerprint density at radius 3 is 2.72 bits per heavy atom. The first kappa shape index (κ1) is 16.2. The van der Waals surface area contributed by atoms with E-state index in [-0.39, 0.29) is 5.91 Å². The third-order valence-corrected chi connectivity index (χ3v) is 5.80. The van der Waals surface area contributed by atoms with Crippen LogP contribution in [0.2, 0.25) is 5.02 Å². The lowest BCUT2D eigenvalue weighted by Gasteiger charge is -2.17. The molecule has 1 aliphatic rings. The van der Waals surface area contributed by atoms with Gasteiger partial charge in [0.05, 0.1) is 22.2 Å². The van der Waals surface area contributed by atoms with E-state index in [1.165, 1.54) is 16.2 Å². The van der Waals surface area contributed by atoms with Gasteiger partial charge in [0, 0.05) is 29.5 Å². The molecule has 3 nitrogen and oxygen atoms in total. The highest BCUT2D eigenvalue weighted by molar-refractivity contribution is 7.14. The predicted octanol–water partition coefficient (Wildman–Crippen LogP) is 5.28. The lowest BCUT2D eigenvalue weighted by atomic mass is 10.0. The Balaban J connectivity index is 1.73. The van der Waals surface area contributed by atoms with Crippen LogP contribution in [0.3, 0.4) is 0 Å². The minimum atomic E-state index is -0.0513. The highest BCUT2D eigenvalue weighted by atomic mass is 35.5. The number of fused-ring (bicyclic) bond motifs is 3. The normalized spacial score (nSPS) is 12.6. The number of carbonyl (C=O) groups excluding carboxylic acids is 1. The van der Waals surface area contributed by atoms with Crippen LogP contribution < -0.4 is 9.64 Å². The largest absolute Gasteiger partial charge is 0.493 e. The summed E-state index contributed by atoms with van der Waals surface area (Å²) in [5.74, 6) is 0.821. The number of carbonyl (C=O) groups is 1. The zero-order valence-electron chi connectivity index (χ0n) is 13.7. The number of ether oxygens (including phenoxy) is 1. The zero-order chi connectivity index (χ0) is 17.4. The Labute approximate surface area is 155 Å². The predicted molar refractivity (Wildman–Crippen MR) is 103 cm³/mol. The molecule has 0 saturated carbocycles. The molecule has 25 heavy (non-hydrogen) atoms. The number of halogens is 1. The Hall–Kier alpha value is -2.30. The number of hydrogen-bond donors (Lipinski definition) is 0. The Morgan fingerprint density at radius 2 is 1.88 bits per heavy atom. The average molecular weight is 370 g/mol. The molecule has 5 heteroatoms. The molecule has 0 aliphatic carbocycles.